The Morgan fingerprint density at radius 1 is 1.11 bits per heavy atom. The third-order valence-corrected chi connectivity index (χ3v) is 3.35. The summed E-state index contributed by atoms with van der Waals surface area (Å²) < 4.78 is 3.11. The van der Waals surface area contributed by atoms with Gasteiger partial charge in [-0.3, -0.25) is 9.82 Å². The zero-order valence-electron chi connectivity index (χ0n) is 9.84. The number of anilines is 1. The van der Waals surface area contributed by atoms with E-state index in [-0.39, 0.29) is 0 Å². The average molecular weight is 256 g/mol. The number of aromatic nitrogens is 3. The molecule has 0 amide bonds. The molecule has 0 aliphatic heterocycles. The number of fused-ring (bicyclic) bond motifs is 1. The molecule has 5 heteroatoms. The van der Waals surface area contributed by atoms with Gasteiger partial charge in [-0.2, -0.15) is 4.98 Å². The predicted molar refractivity (Wildman–Crippen MR) is 74.5 cm³/mol. The molecular formula is C13H12N4S. The van der Waals surface area contributed by atoms with E-state index in [9.17, 15) is 0 Å². The third kappa shape index (κ3) is 2.31. The Kier molecular flexibility index (Phi) is 2.90. The normalized spacial score (nSPS) is 10.7. The minimum absolute atomic E-state index is 0.602. The van der Waals surface area contributed by atoms with Crippen LogP contribution in [-0.4, -0.2) is 15.2 Å². The molecule has 3 rings (SSSR count). The summed E-state index contributed by atoms with van der Waals surface area (Å²) in [5, 5.41) is 9.30. The van der Waals surface area contributed by atoms with E-state index < -0.39 is 0 Å². The average Bonchev–Trinajstić information content (AvgIpc) is 2.82. The summed E-state index contributed by atoms with van der Waals surface area (Å²) in [6.45, 7) is 1.87. The molecule has 0 saturated heterocycles. The van der Waals surface area contributed by atoms with Crippen LogP contribution in [0.2, 0.25) is 0 Å². The predicted octanol–water partition coefficient (Wildman–Crippen LogP) is 3.39. The van der Waals surface area contributed by atoms with E-state index in [2.05, 4.69) is 50.2 Å². The lowest BCUT2D eigenvalue weighted by Crippen LogP contribution is -1.88. The maximum atomic E-state index is 4.19. The fourth-order valence-corrected chi connectivity index (χ4v) is 2.35. The van der Waals surface area contributed by atoms with E-state index in [0.29, 0.717) is 5.95 Å². The van der Waals surface area contributed by atoms with Crippen LogP contribution in [0.5, 0.6) is 0 Å². The highest BCUT2D eigenvalue weighted by atomic mass is 32.2. The number of hydrogen-bond donors (Lipinski definition) is 2. The van der Waals surface area contributed by atoms with E-state index in [0.717, 1.165) is 10.7 Å². The largest absolute Gasteiger partial charge is 0.293 e. The van der Waals surface area contributed by atoms with Gasteiger partial charge in [0.25, 0.3) is 5.95 Å². The minimum Gasteiger partial charge on any atom is -0.293 e. The van der Waals surface area contributed by atoms with Gasteiger partial charge >= 0.3 is 0 Å². The van der Waals surface area contributed by atoms with Crippen molar-refractivity contribution in [2.45, 2.75) is 11.8 Å². The minimum atomic E-state index is 0.602. The molecule has 0 bridgehead atoms. The number of nitrogens with zero attached hydrogens (tertiary/aromatic N) is 2. The van der Waals surface area contributed by atoms with Crippen LogP contribution in [0.1, 0.15) is 5.82 Å². The van der Waals surface area contributed by atoms with Crippen molar-refractivity contribution in [3.8, 4) is 0 Å². The molecule has 2 N–H and O–H groups in total. The summed E-state index contributed by atoms with van der Waals surface area (Å²) >= 11 is 1.51. The van der Waals surface area contributed by atoms with E-state index >= 15 is 0 Å². The molecule has 0 atom stereocenters. The standard InChI is InChI=1S/C13H12N4S/c1-9-14-13(16-15-9)17-18-12-7-6-10-4-2-3-5-11(10)8-12/h2-8H,1H3,(H2,14,15,16,17). The quantitative estimate of drug-likeness (QED) is 0.705. The molecule has 90 valence electrons. The summed E-state index contributed by atoms with van der Waals surface area (Å²) in [5.41, 5.74) is 0. The molecule has 1 aromatic heterocycles. The molecule has 0 fully saturated rings. The van der Waals surface area contributed by atoms with Crippen molar-refractivity contribution in [2.75, 3.05) is 4.72 Å². The fourth-order valence-electron chi connectivity index (χ4n) is 1.72. The van der Waals surface area contributed by atoms with E-state index in [4.69, 9.17) is 0 Å². The van der Waals surface area contributed by atoms with E-state index in [1.165, 1.54) is 22.7 Å². The van der Waals surface area contributed by atoms with Crippen LogP contribution >= 0.6 is 11.9 Å². The topological polar surface area (TPSA) is 53.6 Å². The fraction of sp³-hybridized carbons (Fsp3) is 0.0769. The van der Waals surface area contributed by atoms with Gasteiger partial charge < -0.3 is 0 Å². The van der Waals surface area contributed by atoms with Gasteiger partial charge in [-0.15, -0.1) is 5.10 Å². The summed E-state index contributed by atoms with van der Waals surface area (Å²) in [5.74, 6) is 1.40. The van der Waals surface area contributed by atoms with Crippen LogP contribution in [0.25, 0.3) is 10.8 Å². The molecular weight excluding hydrogens is 244 g/mol. The van der Waals surface area contributed by atoms with E-state index in [1.807, 2.05) is 19.1 Å². The van der Waals surface area contributed by atoms with Crippen molar-refractivity contribution < 1.29 is 0 Å². The molecule has 3 aromatic rings. The molecule has 2 aromatic carbocycles. The van der Waals surface area contributed by atoms with Crippen LogP contribution in [0.3, 0.4) is 0 Å². The Morgan fingerprint density at radius 2 is 1.94 bits per heavy atom. The molecule has 0 aliphatic carbocycles. The van der Waals surface area contributed by atoms with Crippen LogP contribution in [0.15, 0.2) is 47.4 Å². The smallest absolute Gasteiger partial charge is 0.252 e. The first-order valence-corrected chi connectivity index (χ1v) is 6.43. The van der Waals surface area contributed by atoms with Gasteiger partial charge in [0.05, 0.1) is 0 Å². The Hall–Kier alpha value is -2.01. The first-order chi connectivity index (χ1) is 8.81. The molecule has 4 nitrogen and oxygen atoms in total. The van der Waals surface area contributed by atoms with Crippen LogP contribution < -0.4 is 4.72 Å². The van der Waals surface area contributed by atoms with Gasteiger partial charge in [0.2, 0.25) is 0 Å². The maximum Gasteiger partial charge on any atom is 0.252 e. The highest BCUT2D eigenvalue weighted by molar-refractivity contribution is 8.00. The van der Waals surface area contributed by atoms with Gasteiger partial charge in [-0.1, -0.05) is 30.3 Å². The zero-order chi connectivity index (χ0) is 12.4. The monoisotopic (exact) mass is 256 g/mol. The number of hydrogen-bond acceptors (Lipinski definition) is 4. The second-order valence-electron chi connectivity index (χ2n) is 3.96. The molecule has 1 heterocycles. The number of benzene rings is 2. The summed E-state index contributed by atoms with van der Waals surface area (Å²) in [6, 6.07) is 14.6. The Bertz CT molecular complexity index is 677. The first kappa shape index (κ1) is 11.1. The molecule has 0 unspecified atom stereocenters. The second kappa shape index (κ2) is 4.70. The third-order valence-electron chi connectivity index (χ3n) is 2.58. The SMILES string of the molecule is Cc1nc(NSc2ccc3ccccc3c2)n[nH]1. The highest BCUT2D eigenvalue weighted by Crippen LogP contribution is 2.23. The number of rotatable bonds is 3. The van der Waals surface area contributed by atoms with Crippen molar-refractivity contribution in [3.63, 3.8) is 0 Å². The summed E-state index contributed by atoms with van der Waals surface area (Å²) in [7, 11) is 0. The number of aryl methyl sites for hydroxylation is 1. The molecule has 0 saturated carbocycles. The van der Waals surface area contributed by atoms with Gasteiger partial charge in [0, 0.05) is 4.90 Å². The van der Waals surface area contributed by atoms with E-state index in [1.54, 1.807) is 0 Å². The van der Waals surface area contributed by atoms with Crippen LogP contribution in [0, 0.1) is 6.92 Å². The second-order valence-corrected chi connectivity index (χ2v) is 4.84. The number of nitrogens with one attached hydrogen (secondary N) is 2. The Balaban J connectivity index is 1.78. The van der Waals surface area contributed by atoms with Crippen molar-refractivity contribution in [1.29, 1.82) is 0 Å². The first-order valence-electron chi connectivity index (χ1n) is 5.62. The van der Waals surface area contributed by atoms with Crippen molar-refractivity contribution >= 4 is 28.7 Å². The molecule has 0 aliphatic rings. The lowest BCUT2D eigenvalue weighted by atomic mass is 10.1. The lowest BCUT2D eigenvalue weighted by molar-refractivity contribution is 1.04. The summed E-state index contributed by atoms with van der Waals surface area (Å²) in [6.07, 6.45) is 0. The van der Waals surface area contributed by atoms with Crippen molar-refractivity contribution in [2.24, 2.45) is 0 Å². The molecule has 18 heavy (non-hydrogen) atoms. The lowest BCUT2D eigenvalue weighted by Gasteiger charge is -2.03. The summed E-state index contributed by atoms with van der Waals surface area (Å²) in [4.78, 5) is 5.32. The van der Waals surface area contributed by atoms with Crippen LogP contribution in [0.4, 0.5) is 5.95 Å². The van der Waals surface area contributed by atoms with Crippen molar-refractivity contribution in [3.05, 3.63) is 48.3 Å². The Labute approximate surface area is 109 Å². The van der Waals surface area contributed by atoms with Crippen LogP contribution in [-0.2, 0) is 0 Å². The van der Waals surface area contributed by atoms with Gasteiger partial charge in [-0.25, -0.2) is 0 Å². The van der Waals surface area contributed by atoms with Gasteiger partial charge in [-0.05, 0) is 41.8 Å². The Morgan fingerprint density at radius 3 is 2.72 bits per heavy atom. The van der Waals surface area contributed by atoms with Crippen molar-refractivity contribution in [1.82, 2.24) is 15.2 Å². The molecule has 0 radical (unpaired) electrons. The zero-order valence-corrected chi connectivity index (χ0v) is 10.7. The molecule has 0 spiro atoms. The van der Waals surface area contributed by atoms with Gasteiger partial charge in [0.15, 0.2) is 0 Å². The highest BCUT2D eigenvalue weighted by Gasteiger charge is 2.01. The number of H-pyrrole nitrogens is 1. The van der Waals surface area contributed by atoms with Gasteiger partial charge in [0.1, 0.15) is 5.82 Å². The maximum absolute atomic E-state index is 4.19. The number of aromatic amines is 1.